The van der Waals surface area contributed by atoms with Gasteiger partial charge in [0, 0.05) is 6.54 Å². The molecule has 4 nitrogen and oxygen atoms in total. The Morgan fingerprint density at radius 1 is 1.12 bits per heavy atom. The number of hydrogen-bond donors (Lipinski definition) is 0. The Morgan fingerprint density at radius 2 is 1.88 bits per heavy atom. The second-order valence-electron chi connectivity index (χ2n) is 7.24. The quantitative estimate of drug-likeness (QED) is 0.773. The smallest absolute Gasteiger partial charge is 0.311 e. The van der Waals surface area contributed by atoms with Crippen LogP contribution in [0.15, 0.2) is 54.6 Å². The zero-order valence-corrected chi connectivity index (χ0v) is 15.2. The molecule has 4 rings (SSSR count). The van der Waals surface area contributed by atoms with Gasteiger partial charge >= 0.3 is 5.97 Å². The summed E-state index contributed by atoms with van der Waals surface area (Å²) in [5.41, 5.74) is 1.57. The summed E-state index contributed by atoms with van der Waals surface area (Å²) < 4.78 is 11.4. The van der Waals surface area contributed by atoms with Crippen molar-refractivity contribution in [3.05, 3.63) is 65.7 Å². The van der Waals surface area contributed by atoms with E-state index in [9.17, 15) is 4.79 Å². The van der Waals surface area contributed by atoms with E-state index in [1.807, 2.05) is 42.5 Å². The minimum absolute atomic E-state index is 0.163. The number of ether oxygens (including phenoxy) is 2. The average Bonchev–Trinajstić information content (AvgIpc) is 2.67. The van der Waals surface area contributed by atoms with Crippen molar-refractivity contribution in [1.82, 2.24) is 4.90 Å². The maximum Gasteiger partial charge on any atom is 0.311 e. The average molecular weight is 351 g/mol. The molecule has 2 atom stereocenters. The first kappa shape index (κ1) is 17.1. The minimum Gasteiger partial charge on any atom is -0.497 e. The Kier molecular flexibility index (Phi) is 4.68. The normalized spacial score (nSPS) is 25.0. The van der Waals surface area contributed by atoms with Crippen molar-refractivity contribution in [2.45, 2.75) is 37.3 Å². The SMILES string of the molecule is COc1ccc(CC(=O)O[C@@]2(c3ccccc3)CN3CCCC[C@H]32)cc1. The lowest BCUT2D eigenvalue weighted by Gasteiger charge is -2.58. The predicted molar refractivity (Wildman–Crippen MR) is 100 cm³/mol. The van der Waals surface area contributed by atoms with E-state index in [4.69, 9.17) is 9.47 Å². The maximum absolute atomic E-state index is 12.8. The number of hydrogen-bond acceptors (Lipinski definition) is 4. The van der Waals surface area contributed by atoms with Crippen molar-refractivity contribution < 1.29 is 14.3 Å². The van der Waals surface area contributed by atoms with E-state index in [2.05, 4.69) is 17.0 Å². The summed E-state index contributed by atoms with van der Waals surface area (Å²) in [6.45, 7) is 1.91. The molecule has 0 saturated carbocycles. The Hall–Kier alpha value is -2.33. The molecule has 0 amide bonds. The molecule has 2 aromatic carbocycles. The first-order chi connectivity index (χ1) is 12.7. The minimum atomic E-state index is -0.495. The van der Waals surface area contributed by atoms with Crippen LogP contribution in [0.1, 0.15) is 30.4 Å². The number of rotatable bonds is 5. The lowest BCUT2D eigenvalue weighted by atomic mass is 9.73. The molecule has 2 aromatic rings. The van der Waals surface area contributed by atoms with Gasteiger partial charge in [0.05, 0.1) is 19.6 Å². The van der Waals surface area contributed by atoms with Crippen LogP contribution >= 0.6 is 0 Å². The summed E-state index contributed by atoms with van der Waals surface area (Å²) in [7, 11) is 1.64. The van der Waals surface area contributed by atoms with Gasteiger partial charge in [-0.2, -0.15) is 0 Å². The van der Waals surface area contributed by atoms with Gasteiger partial charge in [0.25, 0.3) is 0 Å². The number of benzene rings is 2. The first-order valence-electron chi connectivity index (χ1n) is 9.36. The van der Waals surface area contributed by atoms with Gasteiger partial charge < -0.3 is 9.47 Å². The molecule has 2 aliphatic rings. The molecule has 2 saturated heterocycles. The van der Waals surface area contributed by atoms with Gasteiger partial charge in [0.15, 0.2) is 5.60 Å². The van der Waals surface area contributed by atoms with E-state index >= 15 is 0 Å². The molecule has 2 fully saturated rings. The number of nitrogens with zero attached hydrogens (tertiary/aromatic N) is 1. The van der Waals surface area contributed by atoms with Crippen LogP contribution in [0, 0.1) is 0 Å². The summed E-state index contributed by atoms with van der Waals surface area (Å²) in [4.78, 5) is 15.2. The van der Waals surface area contributed by atoms with Gasteiger partial charge in [-0.25, -0.2) is 0 Å². The number of esters is 1. The third-order valence-corrected chi connectivity index (χ3v) is 5.66. The van der Waals surface area contributed by atoms with Crippen LogP contribution in [0.2, 0.25) is 0 Å². The summed E-state index contributed by atoms with van der Waals surface area (Å²) in [5.74, 6) is 0.629. The summed E-state index contributed by atoms with van der Waals surface area (Å²) in [6.07, 6.45) is 3.81. The highest BCUT2D eigenvalue weighted by Gasteiger charge is 2.57. The monoisotopic (exact) mass is 351 g/mol. The standard InChI is InChI=1S/C22H25NO3/c1-25-19-12-10-17(11-13-19)15-21(24)26-22(18-7-3-2-4-8-18)16-23-14-6-5-9-20(22)23/h2-4,7-8,10-13,20H,5-6,9,14-16H2,1H3/t20-,22+/m0/s1. The van der Waals surface area contributed by atoms with E-state index in [0.29, 0.717) is 6.04 Å². The number of methoxy groups -OCH3 is 1. The topological polar surface area (TPSA) is 38.8 Å². The Labute approximate surface area is 154 Å². The molecule has 2 aliphatic heterocycles. The fraction of sp³-hybridized carbons (Fsp3) is 0.409. The number of piperidine rings is 1. The molecule has 0 N–H and O–H groups in total. The third-order valence-electron chi connectivity index (χ3n) is 5.66. The van der Waals surface area contributed by atoms with Crippen molar-refractivity contribution in [3.63, 3.8) is 0 Å². The molecule has 26 heavy (non-hydrogen) atoms. The van der Waals surface area contributed by atoms with E-state index in [0.717, 1.165) is 36.4 Å². The molecular weight excluding hydrogens is 326 g/mol. The van der Waals surface area contributed by atoms with E-state index < -0.39 is 5.60 Å². The molecular formula is C22H25NO3. The van der Waals surface area contributed by atoms with Crippen LogP contribution in [0.5, 0.6) is 5.75 Å². The van der Waals surface area contributed by atoms with Crippen LogP contribution in [0.3, 0.4) is 0 Å². The molecule has 0 unspecified atom stereocenters. The number of carbonyl (C=O) groups is 1. The van der Waals surface area contributed by atoms with Crippen LogP contribution in [-0.2, 0) is 21.6 Å². The fourth-order valence-corrected chi connectivity index (χ4v) is 4.32. The molecule has 0 bridgehead atoms. The fourth-order valence-electron chi connectivity index (χ4n) is 4.32. The van der Waals surface area contributed by atoms with Gasteiger partial charge in [-0.05, 0) is 42.6 Å². The summed E-state index contributed by atoms with van der Waals surface area (Å²) in [6, 6.07) is 18.1. The zero-order chi connectivity index (χ0) is 18.0. The predicted octanol–water partition coefficient (Wildman–Crippen LogP) is 3.54. The van der Waals surface area contributed by atoms with Gasteiger partial charge in [-0.15, -0.1) is 0 Å². The molecule has 0 radical (unpaired) electrons. The second kappa shape index (κ2) is 7.12. The van der Waals surface area contributed by atoms with Gasteiger partial charge in [0.2, 0.25) is 0 Å². The summed E-state index contributed by atoms with van der Waals surface area (Å²) in [5, 5.41) is 0. The highest BCUT2D eigenvalue weighted by molar-refractivity contribution is 5.73. The Balaban J connectivity index is 1.52. The van der Waals surface area contributed by atoms with Crippen molar-refractivity contribution >= 4 is 5.97 Å². The van der Waals surface area contributed by atoms with Crippen LogP contribution in [-0.4, -0.2) is 37.1 Å². The van der Waals surface area contributed by atoms with Gasteiger partial charge in [-0.3, -0.25) is 9.69 Å². The number of carbonyl (C=O) groups excluding carboxylic acids is 1. The molecule has 0 aromatic heterocycles. The molecule has 136 valence electrons. The van der Waals surface area contributed by atoms with Crippen LogP contribution in [0.4, 0.5) is 0 Å². The Bertz CT molecular complexity index is 759. The van der Waals surface area contributed by atoms with Crippen LogP contribution < -0.4 is 4.74 Å². The van der Waals surface area contributed by atoms with Crippen molar-refractivity contribution in [2.24, 2.45) is 0 Å². The molecule has 0 aliphatic carbocycles. The summed E-state index contributed by atoms with van der Waals surface area (Å²) >= 11 is 0. The maximum atomic E-state index is 12.8. The second-order valence-corrected chi connectivity index (χ2v) is 7.24. The number of fused-ring (bicyclic) bond motifs is 1. The molecule has 2 heterocycles. The Morgan fingerprint density at radius 3 is 2.58 bits per heavy atom. The van der Waals surface area contributed by atoms with Crippen molar-refractivity contribution in [2.75, 3.05) is 20.2 Å². The van der Waals surface area contributed by atoms with Crippen molar-refractivity contribution in [1.29, 1.82) is 0 Å². The highest BCUT2D eigenvalue weighted by Crippen LogP contribution is 2.46. The van der Waals surface area contributed by atoms with E-state index in [-0.39, 0.29) is 12.4 Å². The lowest BCUT2D eigenvalue weighted by Crippen LogP contribution is -2.70. The first-order valence-corrected chi connectivity index (χ1v) is 9.36. The van der Waals surface area contributed by atoms with Crippen molar-refractivity contribution in [3.8, 4) is 5.75 Å². The third kappa shape index (κ3) is 3.10. The lowest BCUT2D eigenvalue weighted by molar-refractivity contribution is -0.210. The largest absolute Gasteiger partial charge is 0.497 e. The van der Waals surface area contributed by atoms with E-state index in [1.165, 1.54) is 12.8 Å². The van der Waals surface area contributed by atoms with Gasteiger partial charge in [0.1, 0.15) is 5.75 Å². The molecule has 4 heteroatoms. The van der Waals surface area contributed by atoms with E-state index in [1.54, 1.807) is 7.11 Å². The highest BCUT2D eigenvalue weighted by atomic mass is 16.6. The van der Waals surface area contributed by atoms with Crippen LogP contribution in [0.25, 0.3) is 0 Å². The zero-order valence-electron chi connectivity index (χ0n) is 15.2. The molecule has 0 spiro atoms. The van der Waals surface area contributed by atoms with Gasteiger partial charge in [-0.1, -0.05) is 48.9 Å².